The van der Waals surface area contributed by atoms with Crippen molar-refractivity contribution in [2.45, 2.75) is 86.1 Å². The van der Waals surface area contributed by atoms with E-state index in [-0.39, 0.29) is 22.8 Å². The summed E-state index contributed by atoms with van der Waals surface area (Å²) in [4.78, 5) is 18.0. The number of carbonyl (C=O) groups excluding carboxylic acids is 1. The maximum Gasteiger partial charge on any atom is 0.314 e. The van der Waals surface area contributed by atoms with Crippen LogP contribution in [0.1, 0.15) is 80.6 Å². The number of anilines is 1. The van der Waals surface area contributed by atoms with Crippen molar-refractivity contribution in [3.05, 3.63) is 48.7 Å². The molecule has 3 rings (SSSR count). The van der Waals surface area contributed by atoms with Crippen molar-refractivity contribution in [1.82, 2.24) is 9.38 Å². The first-order valence-electron chi connectivity index (χ1n) is 12.6. The van der Waals surface area contributed by atoms with Gasteiger partial charge in [0.15, 0.2) is 0 Å². The minimum absolute atomic E-state index is 0.0858. The molecule has 1 N–H and O–H groups in total. The van der Waals surface area contributed by atoms with Gasteiger partial charge < -0.3 is 10.1 Å². The van der Waals surface area contributed by atoms with Crippen LogP contribution >= 0.6 is 0 Å². The summed E-state index contributed by atoms with van der Waals surface area (Å²) in [7, 11) is 0. The standard InChI is InChI=1S/C29H41N3O2/c1-8-10-15-21(9-2)27(33)34-23-17-12-11-16-22(23)25-26(31-29(6,7)20-28(3,4)5)32-19-14-13-18-24(32)30-25/h11-14,16-19,21,31H,8-10,15,20H2,1-7H3. The minimum Gasteiger partial charge on any atom is -0.426 e. The van der Waals surface area contributed by atoms with E-state index in [2.05, 4.69) is 58.2 Å². The van der Waals surface area contributed by atoms with Crippen LogP contribution in [0.15, 0.2) is 48.7 Å². The summed E-state index contributed by atoms with van der Waals surface area (Å²) in [5.41, 5.74) is 2.45. The molecule has 0 saturated heterocycles. The molecule has 1 unspecified atom stereocenters. The number of nitrogens with one attached hydrogen (secondary N) is 1. The fourth-order valence-electron chi connectivity index (χ4n) is 4.88. The van der Waals surface area contributed by atoms with E-state index in [1.54, 1.807) is 0 Å². The Morgan fingerprint density at radius 2 is 1.76 bits per heavy atom. The molecule has 1 aromatic carbocycles. The number of pyridine rings is 1. The molecule has 0 spiro atoms. The van der Waals surface area contributed by atoms with Gasteiger partial charge in [0, 0.05) is 17.3 Å². The van der Waals surface area contributed by atoms with E-state index in [1.165, 1.54) is 0 Å². The van der Waals surface area contributed by atoms with Crippen LogP contribution < -0.4 is 10.1 Å². The maximum atomic E-state index is 13.0. The van der Waals surface area contributed by atoms with Gasteiger partial charge in [-0.25, -0.2) is 4.98 Å². The molecule has 184 valence electrons. The van der Waals surface area contributed by atoms with Gasteiger partial charge in [0.25, 0.3) is 0 Å². The molecule has 0 aliphatic carbocycles. The summed E-state index contributed by atoms with van der Waals surface area (Å²) in [6, 6.07) is 13.7. The molecule has 0 aliphatic heterocycles. The largest absolute Gasteiger partial charge is 0.426 e. The van der Waals surface area contributed by atoms with Crippen molar-refractivity contribution in [2.24, 2.45) is 11.3 Å². The molecule has 0 radical (unpaired) electrons. The number of rotatable bonds is 10. The summed E-state index contributed by atoms with van der Waals surface area (Å²) in [5.74, 6) is 1.22. The number of benzene rings is 1. The van der Waals surface area contributed by atoms with Crippen molar-refractivity contribution >= 4 is 17.4 Å². The second-order valence-corrected chi connectivity index (χ2v) is 11.1. The zero-order valence-electron chi connectivity index (χ0n) is 21.9. The van der Waals surface area contributed by atoms with Gasteiger partial charge >= 0.3 is 5.97 Å². The smallest absolute Gasteiger partial charge is 0.314 e. The molecule has 34 heavy (non-hydrogen) atoms. The molecule has 1 atom stereocenters. The molecular formula is C29H41N3O2. The third-order valence-electron chi connectivity index (χ3n) is 6.04. The first-order valence-corrected chi connectivity index (χ1v) is 12.6. The number of hydrogen-bond donors (Lipinski definition) is 1. The molecule has 2 aromatic heterocycles. The van der Waals surface area contributed by atoms with Crippen molar-refractivity contribution in [3.8, 4) is 17.0 Å². The van der Waals surface area contributed by atoms with Crippen molar-refractivity contribution < 1.29 is 9.53 Å². The fraction of sp³-hybridized carbons (Fsp3) is 0.517. The Morgan fingerprint density at radius 1 is 1.06 bits per heavy atom. The van der Waals surface area contributed by atoms with Gasteiger partial charge in [-0.3, -0.25) is 9.20 Å². The Hall–Kier alpha value is -2.82. The zero-order valence-corrected chi connectivity index (χ0v) is 21.9. The maximum absolute atomic E-state index is 13.0. The Bertz CT molecular complexity index is 1110. The topological polar surface area (TPSA) is 55.6 Å². The van der Waals surface area contributed by atoms with Gasteiger partial charge in [-0.1, -0.05) is 65.7 Å². The Morgan fingerprint density at radius 3 is 2.44 bits per heavy atom. The number of ether oxygens (including phenoxy) is 1. The first kappa shape index (κ1) is 25.8. The number of nitrogens with zero attached hydrogens (tertiary/aromatic N) is 2. The molecule has 0 bridgehead atoms. The molecular weight excluding hydrogens is 422 g/mol. The summed E-state index contributed by atoms with van der Waals surface area (Å²) >= 11 is 0. The van der Waals surface area contributed by atoms with E-state index >= 15 is 0 Å². The van der Waals surface area contributed by atoms with Gasteiger partial charge in [0.05, 0.1) is 5.92 Å². The molecule has 0 fully saturated rings. The second kappa shape index (κ2) is 10.6. The van der Waals surface area contributed by atoms with E-state index in [0.717, 1.165) is 54.8 Å². The highest BCUT2D eigenvalue weighted by Crippen LogP contribution is 2.38. The normalized spacial score (nSPS) is 13.1. The molecule has 0 amide bonds. The highest BCUT2D eigenvalue weighted by atomic mass is 16.5. The highest BCUT2D eigenvalue weighted by Gasteiger charge is 2.29. The lowest BCUT2D eigenvalue weighted by atomic mass is 9.82. The van der Waals surface area contributed by atoms with Crippen LogP contribution in [0.4, 0.5) is 5.82 Å². The number of carbonyl (C=O) groups is 1. The van der Waals surface area contributed by atoms with Crippen LogP contribution in [0.5, 0.6) is 5.75 Å². The lowest BCUT2D eigenvalue weighted by Gasteiger charge is -2.34. The summed E-state index contributed by atoms with van der Waals surface area (Å²) in [5, 5.41) is 3.77. The zero-order chi connectivity index (χ0) is 24.9. The van der Waals surface area contributed by atoms with Gasteiger partial charge in [0.2, 0.25) is 0 Å². The quantitative estimate of drug-likeness (QED) is 0.247. The molecule has 0 saturated carbocycles. The third kappa shape index (κ3) is 6.40. The average molecular weight is 464 g/mol. The SMILES string of the molecule is CCCCC(CC)C(=O)Oc1ccccc1-c1nc2ccccn2c1NC(C)(C)CC(C)(C)C. The number of fused-ring (bicyclic) bond motifs is 1. The summed E-state index contributed by atoms with van der Waals surface area (Å²) < 4.78 is 8.07. The van der Waals surface area contributed by atoms with E-state index in [9.17, 15) is 4.79 Å². The monoisotopic (exact) mass is 463 g/mol. The number of hydrogen-bond acceptors (Lipinski definition) is 4. The fourth-order valence-corrected chi connectivity index (χ4v) is 4.88. The summed E-state index contributed by atoms with van der Waals surface area (Å²) in [6.07, 6.45) is 6.73. The molecule has 2 heterocycles. The second-order valence-electron chi connectivity index (χ2n) is 11.1. The summed E-state index contributed by atoms with van der Waals surface area (Å²) in [6.45, 7) is 15.4. The molecule has 5 heteroatoms. The van der Waals surface area contributed by atoms with Crippen LogP contribution in [0.3, 0.4) is 0 Å². The Balaban J connectivity index is 2.03. The minimum atomic E-state index is -0.169. The van der Waals surface area contributed by atoms with Crippen LogP contribution in [0.2, 0.25) is 0 Å². The predicted molar refractivity (Wildman–Crippen MR) is 141 cm³/mol. The molecule has 3 aromatic rings. The van der Waals surface area contributed by atoms with Crippen LogP contribution in [-0.2, 0) is 4.79 Å². The van der Waals surface area contributed by atoms with E-state index in [4.69, 9.17) is 9.72 Å². The third-order valence-corrected chi connectivity index (χ3v) is 6.04. The highest BCUT2D eigenvalue weighted by molar-refractivity contribution is 5.84. The van der Waals surface area contributed by atoms with Crippen molar-refractivity contribution in [3.63, 3.8) is 0 Å². The number of aromatic nitrogens is 2. The van der Waals surface area contributed by atoms with E-state index in [1.807, 2.05) is 48.7 Å². The average Bonchev–Trinajstić information content (AvgIpc) is 3.10. The van der Waals surface area contributed by atoms with Gasteiger partial charge in [-0.05, 0) is 62.8 Å². The van der Waals surface area contributed by atoms with Crippen LogP contribution in [0.25, 0.3) is 16.9 Å². The van der Waals surface area contributed by atoms with Crippen molar-refractivity contribution in [1.29, 1.82) is 0 Å². The molecule has 5 nitrogen and oxygen atoms in total. The number of para-hydroxylation sites is 1. The van der Waals surface area contributed by atoms with Crippen LogP contribution in [0, 0.1) is 11.3 Å². The lowest BCUT2D eigenvalue weighted by molar-refractivity contribution is -0.139. The Labute approximate surface area is 204 Å². The first-order chi connectivity index (χ1) is 16.0. The van der Waals surface area contributed by atoms with E-state index in [0.29, 0.717) is 5.75 Å². The van der Waals surface area contributed by atoms with Crippen molar-refractivity contribution in [2.75, 3.05) is 5.32 Å². The van der Waals surface area contributed by atoms with Crippen LogP contribution in [-0.4, -0.2) is 20.9 Å². The lowest BCUT2D eigenvalue weighted by Crippen LogP contribution is -2.36. The number of imidazole rings is 1. The number of esters is 1. The number of unbranched alkanes of at least 4 members (excludes halogenated alkanes) is 1. The van der Waals surface area contributed by atoms with Gasteiger partial charge in [-0.15, -0.1) is 0 Å². The van der Waals surface area contributed by atoms with E-state index < -0.39 is 0 Å². The van der Waals surface area contributed by atoms with Gasteiger partial charge in [-0.2, -0.15) is 0 Å². The van der Waals surface area contributed by atoms with Gasteiger partial charge in [0.1, 0.15) is 22.9 Å². The predicted octanol–water partition coefficient (Wildman–Crippen LogP) is 7.75. The Kier molecular flexibility index (Phi) is 8.06. The molecule has 0 aliphatic rings.